The molecule has 0 amide bonds. The molecule has 26 heavy (non-hydrogen) atoms. The van der Waals surface area contributed by atoms with Crippen LogP contribution in [0.5, 0.6) is 0 Å². The van der Waals surface area contributed by atoms with Gasteiger partial charge in [0, 0.05) is 5.56 Å². The Morgan fingerprint density at radius 3 is 2.46 bits per heavy atom. The molecule has 0 spiro atoms. The number of aromatic nitrogens is 4. The van der Waals surface area contributed by atoms with Crippen LogP contribution in [0.3, 0.4) is 0 Å². The lowest BCUT2D eigenvalue weighted by atomic mass is 10.1. The topological polar surface area (TPSA) is 56.7 Å². The van der Waals surface area contributed by atoms with Gasteiger partial charge in [-0.15, -0.1) is 0 Å². The first kappa shape index (κ1) is 16.3. The summed E-state index contributed by atoms with van der Waals surface area (Å²) in [7, 11) is 0. The minimum Gasteiger partial charge on any atom is -0.334 e. The van der Waals surface area contributed by atoms with Crippen LogP contribution in [0, 0.1) is 6.92 Å². The summed E-state index contributed by atoms with van der Waals surface area (Å²) in [6, 6.07) is 13.8. The van der Waals surface area contributed by atoms with Crippen LogP contribution in [0.15, 0.2) is 53.1 Å². The molecule has 0 unspecified atom stereocenters. The normalized spacial score (nSPS) is 12.0. The lowest BCUT2D eigenvalue weighted by Gasteiger charge is -2.09. The van der Waals surface area contributed by atoms with Crippen molar-refractivity contribution in [3.05, 3.63) is 65.7 Å². The highest BCUT2D eigenvalue weighted by Crippen LogP contribution is 2.32. The third-order valence-electron chi connectivity index (χ3n) is 3.97. The fraction of sp³-hybridized carbons (Fsp3) is 0.167. The number of para-hydroxylation sites is 2. The first-order valence-corrected chi connectivity index (χ1v) is 7.84. The number of benzene rings is 2. The maximum absolute atomic E-state index is 13.3. The van der Waals surface area contributed by atoms with Gasteiger partial charge in [-0.25, -0.2) is 4.98 Å². The molecule has 0 saturated heterocycles. The molecule has 4 rings (SSSR count). The largest absolute Gasteiger partial charge is 0.449 e. The van der Waals surface area contributed by atoms with Crippen LogP contribution in [0.25, 0.3) is 22.5 Å². The molecule has 0 aliphatic carbocycles. The number of imidazole rings is 1. The Bertz CT molecular complexity index is 1060. The van der Waals surface area contributed by atoms with Crippen LogP contribution in [0.1, 0.15) is 17.2 Å². The molecule has 2 heterocycles. The van der Waals surface area contributed by atoms with Gasteiger partial charge in [0.2, 0.25) is 5.82 Å². The number of hydrogen-bond acceptors (Lipinski definition) is 4. The SMILES string of the molecule is Cc1ccc(-c2nc(Cn3c(C(F)(F)F)nc4ccccc43)no2)cc1. The molecular weight excluding hydrogens is 345 g/mol. The van der Waals surface area contributed by atoms with E-state index >= 15 is 0 Å². The van der Waals surface area contributed by atoms with E-state index in [4.69, 9.17) is 4.52 Å². The van der Waals surface area contributed by atoms with E-state index in [9.17, 15) is 13.2 Å². The van der Waals surface area contributed by atoms with Gasteiger partial charge in [-0.1, -0.05) is 35.0 Å². The van der Waals surface area contributed by atoms with E-state index in [2.05, 4.69) is 15.1 Å². The molecule has 2 aromatic heterocycles. The third kappa shape index (κ3) is 2.94. The summed E-state index contributed by atoms with van der Waals surface area (Å²) in [6.45, 7) is 1.76. The zero-order valence-corrected chi connectivity index (χ0v) is 13.7. The zero-order chi connectivity index (χ0) is 18.3. The van der Waals surface area contributed by atoms with Crippen molar-refractivity contribution >= 4 is 11.0 Å². The minimum atomic E-state index is -4.58. The summed E-state index contributed by atoms with van der Waals surface area (Å²) in [4.78, 5) is 7.93. The first-order chi connectivity index (χ1) is 12.4. The van der Waals surface area contributed by atoms with Crippen LogP contribution in [0.4, 0.5) is 13.2 Å². The summed E-state index contributed by atoms with van der Waals surface area (Å²) in [6.07, 6.45) is -4.58. The highest BCUT2D eigenvalue weighted by atomic mass is 19.4. The van der Waals surface area contributed by atoms with Crippen molar-refractivity contribution < 1.29 is 17.7 Å². The summed E-state index contributed by atoms with van der Waals surface area (Å²) in [5.41, 5.74) is 2.41. The van der Waals surface area contributed by atoms with E-state index in [0.29, 0.717) is 11.1 Å². The predicted molar refractivity (Wildman–Crippen MR) is 88.3 cm³/mol. The summed E-state index contributed by atoms with van der Waals surface area (Å²) in [5, 5.41) is 3.82. The second-order valence-corrected chi connectivity index (χ2v) is 5.89. The fourth-order valence-electron chi connectivity index (χ4n) is 2.72. The highest BCUT2D eigenvalue weighted by Gasteiger charge is 2.37. The van der Waals surface area contributed by atoms with Gasteiger partial charge in [0.25, 0.3) is 5.89 Å². The van der Waals surface area contributed by atoms with Crippen molar-refractivity contribution in [2.45, 2.75) is 19.6 Å². The fourth-order valence-corrected chi connectivity index (χ4v) is 2.72. The van der Waals surface area contributed by atoms with Crippen molar-refractivity contribution in [1.29, 1.82) is 0 Å². The zero-order valence-electron chi connectivity index (χ0n) is 13.7. The molecule has 0 N–H and O–H groups in total. The van der Waals surface area contributed by atoms with E-state index < -0.39 is 12.0 Å². The maximum Gasteiger partial charge on any atom is 0.449 e. The standard InChI is InChI=1S/C18H13F3N4O/c1-11-6-8-12(9-7-11)16-23-15(24-26-16)10-25-14-5-3-2-4-13(14)22-17(25)18(19,20)21/h2-9H,10H2,1H3. The van der Waals surface area contributed by atoms with Crippen molar-refractivity contribution in [1.82, 2.24) is 19.7 Å². The quantitative estimate of drug-likeness (QED) is 0.542. The Morgan fingerprint density at radius 1 is 1.00 bits per heavy atom. The number of fused-ring (bicyclic) bond motifs is 1. The van der Waals surface area contributed by atoms with Crippen LogP contribution in [-0.4, -0.2) is 19.7 Å². The monoisotopic (exact) mass is 358 g/mol. The molecular formula is C18H13F3N4O. The molecule has 0 bridgehead atoms. The van der Waals surface area contributed by atoms with E-state index in [1.807, 2.05) is 31.2 Å². The second kappa shape index (κ2) is 5.98. The number of nitrogens with zero attached hydrogens (tertiary/aromatic N) is 4. The molecule has 2 aromatic carbocycles. The average molecular weight is 358 g/mol. The van der Waals surface area contributed by atoms with E-state index in [0.717, 1.165) is 10.1 Å². The lowest BCUT2D eigenvalue weighted by molar-refractivity contribution is -0.146. The molecule has 4 aromatic rings. The molecule has 0 radical (unpaired) electrons. The van der Waals surface area contributed by atoms with Crippen molar-refractivity contribution in [2.75, 3.05) is 0 Å². The maximum atomic E-state index is 13.3. The molecule has 132 valence electrons. The highest BCUT2D eigenvalue weighted by molar-refractivity contribution is 5.76. The van der Waals surface area contributed by atoms with Gasteiger partial charge in [0.15, 0.2) is 5.82 Å². The molecule has 0 aliphatic heterocycles. The Hall–Kier alpha value is -3.16. The molecule has 0 atom stereocenters. The Labute approximate surface area is 146 Å². The molecule has 8 heteroatoms. The first-order valence-electron chi connectivity index (χ1n) is 7.84. The summed E-state index contributed by atoms with van der Waals surface area (Å²) >= 11 is 0. The predicted octanol–water partition coefficient (Wildman–Crippen LogP) is 4.46. The molecule has 5 nitrogen and oxygen atoms in total. The number of hydrogen-bond donors (Lipinski definition) is 0. The van der Waals surface area contributed by atoms with Gasteiger partial charge in [-0.3, -0.25) is 0 Å². The average Bonchev–Trinajstić information content (AvgIpc) is 3.21. The van der Waals surface area contributed by atoms with Crippen LogP contribution in [0.2, 0.25) is 0 Å². The number of rotatable bonds is 3. The number of halogens is 3. The smallest absolute Gasteiger partial charge is 0.334 e. The third-order valence-corrected chi connectivity index (χ3v) is 3.97. The Kier molecular flexibility index (Phi) is 3.75. The summed E-state index contributed by atoms with van der Waals surface area (Å²) < 4.78 is 46.3. The van der Waals surface area contributed by atoms with Gasteiger partial charge >= 0.3 is 6.18 Å². The molecule has 0 saturated carbocycles. The van der Waals surface area contributed by atoms with Gasteiger partial charge < -0.3 is 9.09 Å². The Balaban J connectivity index is 1.73. The molecule has 0 fully saturated rings. The lowest BCUT2D eigenvalue weighted by Crippen LogP contribution is -2.16. The number of alkyl halides is 3. The van der Waals surface area contributed by atoms with Crippen molar-refractivity contribution in [2.24, 2.45) is 0 Å². The number of aryl methyl sites for hydroxylation is 1. The van der Waals surface area contributed by atoms with Crippen LogP contribution in [-0.2, 0) is 12.7 Å². The molecule has 0 aliphatic rings. The van der Waals surface area contributed by atoms with E-state index in [1.54, 1.807) is 18.2 Å². The van der Waals surface area contributed by atoms with Crippen molar-refractivity contribution in [3.63, 3.8) is 0 Å². The van der Waals surface area contributed by atoms with Gasteiger partial charge in [-0.2, -0.15) is 18.2 Å². The van der Waals surface area contributed by atoms with Gasteiger partial charge in [0.1, 0.15) is 0 Å². The van der Waals surface area contributed by atoms with E-state index in [-0.39, 0.29) is 23.8 Å². The van der Waals surface area contributed by atoms with Gasteiger partial charge in [0.05, 0.1) is 17.6 Å². The Morgan fingerprint density at radius 2 is 1.73 bits per heavy atom. The minimum absolute atomic E-state index is 0.147. The van der Waals surface area contributed by atoms with Crippen LogP contribution < -0.4 is 0 Å². The van der Waals surface area contributed by atoms with Gasteiger partial charge in [-0.05, 0) is 31.2 Å². The summed E-state index contributed by atoms with van der Waals surface area (Å²) in [5.74, 6) is -0.576. The van der Waals surface area contributed by atoms with E-state index in [1.165, 1.54) is 6.07 Å². The van der Waals surface area contributed by atoms with Crippen LogP contribution >= 0.6 is 0 Å². The second-order valence-electron chi connectivity index (χ2n) is 5.89. The van der Waals surface area contributed by atoms with Crippen molar-refractivity contribution in [3.8, 4) is 11.5 Å².